The molecule has 0 saturated heterocycles. The largest absolute Gasteiger partial charge is 0.364 e. The zero-order valence-corrected chi connectivity index (χ0v) is 14.3. The maximum absolute atomic E-state index is 11.1. The number of benzene rings is 1. The highest BCUT2D eigenvalue weighted by molar-refractivity contribution is 7.99. The van der Waals surface area contributed by atoms with Crippen molar-refractivity contribution in [2.45, 2.75) is 16.5 Å². The summed E-state index contributed by atoms with van der Waals surface area (Å²) in [5.41, 5.74) is 2.08. The van der Waals surface area contributed by atoms with Crippen molar-refractivity contribution in [1.82, 2.24) is 19.5 Å². The van der Waals surface area contributed by atoms with Crippen LogP contribution in [-0.4, -0.2) is 39.6 Å². The molecule has 0 spiro atoms. The van der Waals surface area contributed by atoms with Crippen molar-refractivity contribution in [2.75, 3.05) is 18.7 Å². The zero-order chi connectivity index (χ0) is 17.2. The molecule has 2 aromatic heterocycles. The summed E-state index contributed by atoms with van der Waals surface area (Å²) in [6.07, 6.45) is 7.55. The molecule has 126 valence electrons. The third-order valence-electron chi connectivity index (χ3n) is 3.89. The fraction of sp³-hybridized carbons (Fsp3) is 0.176. The minimum absolute atomic E-state index is 0.382. The lowest BCUT2D eigenvalue weighted by Gasteiger charge is -2.30. The molecular weight excluding hydrogens is 338 g/mol. The number of anilines is 2. The first-order valence-corrected chi connectivity index (χ1v) is 8.46. The number of ether oxygens (including phenoxy) is 1. The first kappa shape index (κ1) is 15.8. The Morgan fingerprint density at radius 3 is 2.92 bits per heavy atom. The third-order valence-corrected chi connectivity index (χ3v) is 4.93. The van der Waals surface area contributed by atoms with Crippen LogP contribution in [-0.2, 0) is 11.3 Å². The van der Waals surface area contributed by atoms with E-state index >= 15 is 0 Å². The van der Waals surface area contributed by atoms with Crippen LogP contribution in [0, 0.1) is 0 Å². The van der Waals surface area contributed by atoms with E-state index in [9.17, 15) is 4.79 Å². The van der Waals surface area contributed by atoms with Crippen molar-refractivity contribution in [3.05, 3.63) is 54.4 Å². The fourth-order valence-electron chi connectivity index (χ4n) is 2.78. The lowest BCUT2D eigenvalue weighted by molar-refractivity contribution is 0.111. The Labute approximate surface area is 148 Å². The van der Waals surface area contributed by atoms with E-state index in [-0.39, 0.29) is 0 Å². The van der Waals surface area contributed by atoms with Crippen molar-refractivity contribution in [3.63, 3.8) is 0 Å². The molecule has 0 radical (unpaired) electrons. The van der Waals surface area contributed by atoms with Gasteiger partial charge in [0.1, 0.15) is 11.8 Å². The molecule has 25 heavy (non-hydrogen) atoms. The van der Waals surface area contributed by atoms with Gasteiger partial charge in [0.15, 0.2) is 17.9 Å². The predicted octanol–water partition coefficient (Wildman–Crippen LogP) is 2.74. The van der Waals surface area contributed by atoms with Crippen molar-refractivity contribution < 1.29 is 9.53 Å². The molecule has 0 saturated carbocycles. The number of rotatable bonds is 5. The molecule has 0 fully saturated rings. The van der Waals surface area contributed by atoms with Crippen LogP contribution in [0.25, 0.3) is 0 Å². The Kier molecular flexibility index (Phi) is 4.21. The summed E-state index contributed by atoms with van der Waals surface area (Å²) in [6.45, 7) is 0.952. The first-order chi connectivity index (χ1) is 12.3. The highest BCUT2D eigenvalue weighted by atomic mass is 32.2. The number of aromatic nitrogens is 4. The third kappa shape index (κ3) is 2.90. The molecule has 0 aliphatic carbocycles. The molecule has 0 N–H and O–H groups in total. The van der Waals surface area contributed by atoms with Crippen molar-refractivity contribution >= 4 is 29.6 Å². The molecule has 1 aliphatic heterocycles. The van der Waals surface area contributed by atoms with Crippen LogP contribution < -0.4 is 4.90 Å². The average Bonchev–Trinajstić information content (AvgIpc) is 3.09. The van der Waals surface area contributed by atoms with Crippen molar-refractivity contribution in [1.29, 1.82) is 0 Å². The van der Waals surface area contributed by atoms with E-state index in [4.69, 9.17) is 4.74 Å². The second-order valence-corrected chi connectivity index (χ2v) is 6.50. The number of aldehydes is 1. The van der Waals surface area contributed by atoms with Gasteiger partial charge in [-0.2, -0.15) is 0 Å². The lowest BCUT2D eigenvalue weighted by Crippen LogP contribution is -2.24. The van der Waals surface area contributed by atoms with Gasteiger partial charge in [0.25, 0.3) is 0 Å². The van der Waals surface area contributed by atoms with Crippen LogP contribution in [0.4, 0.5) is 11.5 Å². The molecule has 0 atom stereocenters. The van der Waals surface area contributed by atoms with Gasteiger partial charge in [-0.3, -0.25) is 9.69 Å². The standard InChI is InChI=1S/C17H15N5O2S/c1-24-11-22-13-8-12(9-21-7-6-18-15(21)10-23)2-3-14(13)25-17-16(22)19-4-5-20-17/h2-8,10H,9,11H2,1H3. The van der Waals surface area contributed by atoms with Gasteiger partial charge in [0.05, 0.1) is 5.69 Å². The minimum atomic E-state index is 0.382. The van der Waals surface area contributed by atoms with E-state index in [2.05, 4.69) is 27.1 Å². The van der Waals surface area contributed by atoms with Crippen LogP contribution in [0.3, 0.4) is 0 Å². The number of carbonyl (C=O) groups excluding carboxylic acids is 1. The summed E-state index contributed by atoms with van der Waals surface area (Å²) in [6, 6.07) is 6.20. The maximum Gasteiger partial charge on any atom is 0.185 e. The molecule has 0 bridgehead atoms. The molecule has 1 aromatic carbocycles. The number of fused-ring (bicyclic) bond motifs is 2. The molecule has 0 unspecified atom stereocenters. The predicted molar refractivity (Wildman–Crippen MR) is 93.3 cm³/mol. The van der Waals surface area contributed by atoms with Gasteiger partial charge < -0.3 is 9.30 Å². The second kappa shape index (κ2) is 6.66. The van der Waals surface area contributed by atoms with Gasteiger partial charge >= 0.3 is 0 Å². The Morgan fingerprint density at radius 2 is 2.08 bits per heavy atom. The number of hydrogen-bond donors (Lipinski definition) is 0. The van der Waals surface area contributed by atoms with Gasteiger partial charge in [-0.1, -0.05) is 17.8 Å². The van der Waals surface area contributed by atoms with E-state index in [0.29, 0.717) is 19.1 Å². The molecule has 3 heterocycles. The average molecular weight is 353 g/mol. The molecule has 3 aromatic rings. The zero-order valence-electron chi connectivity index (χ0n) is 13.5. The number of hydrogen-bond acceptors (Lipinski definition) is 7. The summed E-state index contributed by atoms with van der Waals surface area (Å²) in [7, 11) is 1.66. The van der Waals surface area contributed by atoms with Crippen LogP contribution >= 0.6 is 11.8 Å². The lowest BCUT2D eigenvalue weighted by atomic mass is 10.1. The molecule has 7 nitrogen and oxygen atoms in total. The molecule has 1 aliphatic rings. The molecule has 8 heteroatoms. The van der Waals surface area contributed by atoms with E-state index < -0.39 is 0 Å². The Balaban J connectivity index is 1.72. The first-order valence-electron chi connectivity index (χ1n) is 7.64. The van der Waals surface area contributed by atoms with E-state index in [1.165, 1.54) is 0 Å². The second-order valence-electron chi connectivity index (χ2n) is 5.47. The molecule has 4 rings (SSSR count). The summed E-state index contributed by atoms with van der Waals surface area (Å²) < 4.78 is 7.18. The van der Waals surface area contributed by atoms with Gasteiger partial charge in [-0.25, -0.2) is 15.0 Å². The van der Waals surface area contributed by atoms with Crippen LogP contribution in [0.5, 0.6) is 0 Å². The summed E-state index contributed by atoms with van der Waals surface area (Å²) in [5, 5.41) is 0.859. The van der Waals surface area contributed by atoms with Gasteiger partial charge in [-0.05, 0) is 17.7 Å². The SMILES string of the molecule is COCN1c2cc(Cn3ccnc3C=O)ccc2Sc2nccnc21. The highest BCUT2D eigenvalue weighted by Gasteiger charge is 2.25. The van der Waals surface area contributed by atoms with Crippen LogP contribution in [0.1, 0.15) is 16.2 Å². The number of carbonyl (C=O) groups is 1. The quantitative estimate of drug-likeness (QED) is 0.653. The Bertz CT molecular complexity index is 927. The van der Waals surface area contributed by atoms with Crippen molar-refractivity contribution in [2.24, 2.45) is 0 Å². The molecular formula is C17H15N5O2S. The van der Waals surface area contributed by atoms with E-state index in [1.54, 1.807) is 43.7 Å². The van der Waals surface area contributed by atoms with E-state index in [0.717, 1.165) is 33.3 Å². The smallest absolute Gasteiger partial charge is 0.185 e. The van der Waals surface area contributed by atoms with Gasteiger partial charge in [0, 0.05) is 43.3 Å². The number of imidazole rings is 1. The monoisotopic (exact) mass is 353 g/mol. The van der Waals surface area contributed by atoms with Crippen molar-refractivity contribution in [3.8, 4) is 0 Å². The van der Waals surface area contributed by atoms with Gasteiger partial charge in [0.2, 0.25) is 0 Å². The van der Waals surface area contributed by atoms with E-state index in [1.807, 2.05) is 15.5 Å². The maximum atomic E-state index is 11.1. The number of methoxy groups -OCH3 is 1. The van der Waals surface area contributed by atoms with Crippen LogP contribution in [0.2, 0.25) is 0 Å². The normalized spacial score (nSPS) is 12.6. The fourth-order valence-corrected chi connectivity index (χ4v) is 3.77. The van der Waals surface area contributed by atoms with Crippen LogP contribution in [0.15, 0.2) is 52.9 Å². The Morgan fingerprint density at radius 1 is 1.20 bits per heavy atom. The topological polar surface area (TPSA) is 73.1 Å². The highest BCUT2D eigenvalue weighted by Crippen LogP contribution is 2.46. The summed E-state index contributed by atoms with van der Waals surface area (Å²) >= 11 is 1.59. The van der Waals surface area contributed by atoms with Gasteiger partial charge in [-0.15, -0.1) is 0 Å². The minimum Gasteiger partial charge on any atom is -0.364 e. The Hall–Kier alpha value is -2.71. The molecule has 0 amide bonds. The summed E-state index contributed by atoms with van der Waals surface area (Å²) in [4.78, 5) is 27.1. The number of nitrogens with zero attached hydrogens (tertiary/aromatic N) is 5. The summed E-state index contributed by atoms with van der Waals surface area (Å²) in [5.74, 6) is 1.20.